The average molecular weight is 380 g/mol. The molecule has 1 aromatic carbocycles. The fraction of sp³-hybridized carbons (Fsp3) is 0.235. The van der Waals surface area contributed by atoms with Gasteiger partial charge in [-0.3, -0.25) is 4.99 Å². The predicted octanol–water partition coefficient (Wildman–Crippen LogP) is 2.66. The maximum Gasteiger partial charge on any atom is 0.405 e. The average Bonchev–Trinajstić information content (AvgIpc) is 3.03. The molecule has 0 saturated carbocycles. The van der Waals surface area contributed by atoms with E-state index in [0.717, 1.165) is 5.56 Å². The van der Waals surface area contributed by atoms with Crippen molar-refractivity contribution in [3.05, 3.63) is 53.8 Å². The highest BCUT2D eigenvalue weighted by molar-refractivity contribution is 6.05. The summed E-state index contributed by atoms with van der Waals surface area (Å²) >= 11 is 0. The molecule has 3 rings (SSSR count). The van der Waals surface area contributed by atoms with Crippen molar-refractivity contribution in [3.63, 3.8) is 0 Å². The van der Waals surface area contributed by atoms with Crippen LogP contribution >= 0.6 is 0 Å². The topological polar surface area (TPSA) is 94.0 Å². The van der Waals surface area contributed by atoms with Crippen molar-refractivity contribution in [2.24, 2.45) is 4.99 Å². The number of carbonyl (C=O) groups excluding carboxylic acids is 1. The standard InChI is InChI=1S/C17H15F3N4O3/c18-17(19,20)9-22-16(27)23-12-3-1-2-10(6-12)13-8-21-14-7-11(15(25)26)4-5-24(13)14/h1-7,13H,8-9H2,(H,25,26)(H2,22,23,27). The highest BCUT2D eigenvalue weighted by Gasteiger charge is 2.30. The van der Waals surface area contributed by atoms with Gasteiger partial charge >= 0.3 is 18.2 Å². The van der Waals surface area contributed by atoms with E-state index < -0.39 is 24.7 Å². The van der Waals surface area contributed by atoms with E-state index in [2.05, 4.69) is 10.3 Å². The summed E-state index contributed by atoms with van der Waals surface area (Å²) in [6.07, 6.45) is 0.0666. The fourth-order valence-corrected chi connectivity index (χ4v) is 2.74. The summed E-state index contributed by atoms with van der Waals surface area (Å²) in [7, 11) is 0. The molecule has 142 valence electrons. The number of aliphatic carboxylic acids is 1. The predicted molar refractivity (Wildman–Crippen MR) is 91.3 cm³/mol. The minimum absolute atomic E-state index is 0.127. The van der Waals surface area contributed by atoms with Crippen LogP contribution in [0.2, 0.25) is 0 Å². The zero-order chi connectivity index (χ0) is 19.6. The number of carboxylic acid groups (broad SMARTS) is 1. The summed E-state index contributed by atoms with van der Waals surface area (Å²) < 4.78 is 36.4. The van der Waals surface area contributed by atoms with Crippen LogP contribution in [0.4, 0.5) is 23.7 Å². The van der Waals surface area contributed by atoms with E-state index in [0.29, 0.717) is 18.1 Å². The van der Waals surface area contributed by atoms with Gasteiger partial charge in [-0.1, -0.05) is 12.1 Å². The summed E-state index contributed by atoms with van der Waals surface area (Å²) in [6.45, 7) is -1.04. The Morgan fingerprint density at radius 2 is 2.11 bits per heavy atom. The number of amidine groups is 1. The molecule has 1 aromatic rings. The SMILES string of the molecule is O=C(NCC(F)(F)F)Nc1cccc(C2CN=C3C=C(C(=O)O)C=CN32)c1. The van der Waals surface area contributed by atoms with Crippen LogP contribution < -0.4 is 10.6 Å². The van der Waals surface area contributed by atoms with Crippen molar-refractivity contribution in [1.29, 1.82) is 0 Å². The van der Waals surface area contributed by atoms with Crippen LogP contribution in [0.15, 0.2) is 53.2 Å². The number of urea groups is 1. The monoisotopic (exact) mass is 380 g/mol. The number of carboxylic acids is 1. The van der Waals surface area contributed by atoms with Gasteiger partial charge in [0.1, 0.15) is 12.4 Å². The smallest absolute Gasteiger partial charge is 0.405 e. The van der Waals surface area contributed by atoms with Gasteiger partial charge in [0.15, 0.2) is 0 Å². The summed E-state index contributed by atoms with van der Waals surface area (Å²) in [6, 6.07) is 5.50. The highest BCUT2D eigenvalue weighted by Crippen LogP contribution is 2.31. The van der Waals surface area contributed by atoms with Crippen LogP contribution in [0.3, 0.4) is 0 Å². The van der Waals surface area contributed by atoms with E-state index in [1.807, 2.05) is 0 Å². The van der Waals surface area contributed by atoms with E-state index in [9.17, 15) is 22.8 Å². The largest absolute Gasteiger partial charge is 0.478 e. The van der Waals surface area contributed by atoms with Gasteiger partial charge in [-0.15, -0.1) is 0 Å². The minimum atomic E-state index is -4.49. The highest BCUT2D eigenvalue weighted by atomic mass is 19.4. The lowest BCUT2D eigenvalue weighted by atomic mass is 10.0. The third-order valence-electron chi connectivity index (χ3n) is 3.95. The molecule has 0 aliphatic carbocycles. The molecule has 3 N–H and O–H groups in total. The summed E-state index contributed by atoms with van der Waals surface area (Å²) in [5.41, 5.74) is 1.24. The van der Waals surface area contributed by atoms with Crippen molar-refractivity contribution < 1.29 is 27.9 Å². The van der Waals surface area contributed by atoms with Crippen molar-refractivity contribution in [2.75, 3.05) is 18.4 Å². The summed E-state index contributed by atoms with van der Waals surface area (Å²) in [5, 5.41) is 13.1. The molecule has 2 aliphatic heterocycles. The fourth-order valence-electron chi connectivity index (χ4n) is 2.74. The Hall–Kier alpha value is -3.30. The number of alkyl halides is 3. The van der Waals surface area contributed by atoms with Crippen LogP contribution in [0.1, 0.15) is 11.6 Å². The second kappa shape index (κ2) is 7.14. The lowest BCUT2D eigenvalue weighted by Crippen LogP contribution is -2.36. The third-order valence-corrected chi connectivity index (χ3v) is 3.95. The first kappa shape index (κ1) is 18.5. The van der Waals surface area contributed by atoms with E-state index >= 15 is 0 Å². The van der Waals surface area contributed by atoms with Gasteiger partial charge in [0.05, 0.1) is 18.2 Å². The summed E-state index contributed by atoms with van der Waals surface area (Å²) in [4.78, 5) is 28.8. The number of hydrogen-bond acceptors (Lipinski definition) is 4. The summed E-state index contributed by atoms with van der Waals surface area (Å²) in [5.74, 6) is -0.533. The zero-order valence-corrected chi connectivity index (χ0v) is 13.8. The molecule has 7 nitrogen and oxygen atoms in total. The van der Waals surface area contributed by atoms with Gasteiger partial charge in [0, 0.05) is 11.9 Å². The molecule has 0 spiro atoms. The van der Waals surface area contributed by atoms with Crippen LogP contribution in [0, 0.1) is 0 Å². The number of nitrogens with one attached hydrogen (secondary N) is 2. The number of halogens is 3. The van der Waals surface area contributed by atoms with Crippen molar-refractivity contribution >= 4 is 23.5 Å². The lowest BCUT2D eigenvalue weighted by Gasteiger charge is -2.26. The van der Waals surface area contributed by atoms with E-state index in [1.54, 1.807) is 40.7 Å². The van der Waals surface area contributed by atoms with E-state index in [1.165, 1.54) is 12.2 Å². The molecule has 10 heteroatoms. The number of rotatable bonds is 4. The quantitative estimate of drug-likeness (QED) is 0.749. The lowest BCUT2D eigenvalue weighted by molar-refractivity contribution is -0.132. The van der Waals surface area contributed by atoms with Crippen LogP contribution in [0.5, 0.6) is 0 Å². The first-order valence-electron chi connectivity index (χ1n) is 7.90. The normalized spacial score (nSPS) is 18.5. The third kappa shape index (κ3) is 4.46. The van der Waals surface area contributed by atoms with E-state index in [-0.39, 0.29) is 11.6 Å². The molecule has 27 heavy (non-hydrogen) atoms. The van der Waals surface area contributed by atoms with Crippen molar-refractivity contribution in [1.82, 2.24) is 10.2 Å². The van der Waals surface area contributed by atoms with Crippen molar-refractivity contribution in [3.8, 4) is 0 Å². The molecule has 0 aromatic heterocycles. The van der Waals surface area contributed by atoms with Gasteiger partial charge in [-0.25, -0.2) is 9.59 Å². The minimum Gasteiger partial charge on any atom is -0.478 e. The number of fused-ring (bicyclic) bond motifs is 1. The van der Waals surface area contributed by atoms with Crippen LogP contribution in [-0.2, 0) is 4.79 Å². The first-order valence-corrected chi connectivity index (χ1v) is 7.90. The maximum atomic E-state index is 12.1. The van der Waals surface area contributed by atoms with Gasteiger partial charge in [0.25, 0.3) is 0 Å². The second-order valence-electron chi connectivity index (χ2n) is 5.89. The number of nitrogens with zero attached hydrogens (tertiary/aromatic N) is 2. The molecular formula is C17H15F3N4O3. The molecule has 1 unspecified atom stereocenters. The van der Waals surface area contributed by atoms with Gasteiger partial charge in [-0.2, -0.15) is 13.2 Å². The Labute approximate surface area is 151 Å². The Bertz CT molecular complexity index is 861. The molecule has 0 fully saturated rings. The van der Waals surface area contributed by atoms with E-state index in [4.69, 9.17) is 5.11 Å². The van der Waals surface area contributed by atoms with Gasteiger partial charge in [0.2, 0.25) is 0 Å². The first-order chi connectivity index (χ1) is 12.7. The molecule has 0 bridgehead atoms. The maximum absolute atomic E-state index is 12.1. The number of amides is 2. The van der Waals surface area contributed by atoms with Crippen LogP contribution in [0.25, 0.3) is 0 Å². The van der Waals surface area contributed by atoms with Crippen LogP contribution in [-0.4, -0.2) is 47.1 Å². The zero-order valence-electron chi connectivity index (χ0n) is 13.8. The number of carbonyl (C=O) groups is 2. The number of aliphatic imine (C=N–C) groups is 1. The Morgan fingerprint density at radius 1 is 1.33 bits per heavy atom. The Balaban J connectivity index is 1.68. The van der Waals surface area contributed by atoms with Crippen molar-refractivity contribution in [2.45, 2.75) is 12.2 Å². The molecule has 2 heterocycles. The second-order valence-corrected chi connectivity index (χ2v) is 5.89. The number of anilines is 1. The molecule has 2 aliphatic rings. The number of benzene rings is 1. The van der Waals surface area contributed by atoms with Gasteiger partial charge in [-0.05, 0) is 29.8 Å². The molecule has 0 saturated heterocycles. The Morgan fingerprint density at radius 3 is 2.81 bits per heavy atom. The number of hydrogen-bond donors (Lipinski definition) is 3. The molecule has 0 radical (unpaired) electrons. The molecule has 1 atom stereocenters. The molecule has 2 amide bonds. The molecular weight excluding hydrogens is 365 g/mol. The Kier molecular flexibility index (Phi) is 4.89. The van der Waals surface area contributed by atoms with Gasteiger partial charge < -0.3 is 20.6 Å².